The first-order valence-corrected chi connectivity index (χ1v) is 6.14. The molecule has 1 heterocycles. The van der Waals surface area contributed by atoms with Gasteiger partial charge in [-0.15, -0.1) is 0 Å². The lowest BCUT2D eigenvalue weighted by atomic mass is 9.96. The first-order chi connectivity index (χ1) is 8.55. The zero-order chi connectivity index (χ0) is 12.8. The SMILES string of the molecule is FC(F)(F)c1ccccc1C1=C[C@H]2CNC[C@H]2C1. The van der Waals surface area contributed by atoms with Crippen LogP contribution in [0.2, 0.25) is 0 Å². The average Bonchev–Trinajstić information content (AvgIpc) is 2.87. The topological polar surface area (TPSA) is 12.0 Å². The Hall–Kier alpha value is -1.29. The fourth-order valence-electron chi connectivity index (χ4n) is 2.99. The van der Waals surface area contributed by atoms with Gasteiger partial charge in [-0.25, -0.2) is 0 Å². The van der Waals surface area contributed by atoms with Crippen molar-refractivity contribution in [2.75, 3.05) is 13.1 Å². The molecule has 4 heteroatoms. The third-order valence-corrected chi connectivity index (χ3v) is 3.87. The van der Waals surface area contributed by atoms with Gasteiger partial charge in [0.25, 0.3) is 0 Å². The minimum absolute atomic E-state index is 0.361. The van der Waals surface area contributed by atoms with E-state index in [9.17, 15) is 13.2 Å². The molecule has 0 bridgehead atoms. The van der Waals surface area contributed by atoms with Gasteiger partial charge in [0.15, 0.2) is 0 Å². The van der Waals surface area contributed by atoms with Gasteiger partial charge < -0.3 is 5.32 Å². The second-order valence-electron chi connectivity index (χ2n) is 5.02. The molecule has 1 fully saturated rings. The van der Waals surface area contributed by atoms with E-state index >= 15 is 0 Å². The summed E-state index contributed by atoms with van der Waals surface area (Å²) in [6, 6.07) is 5.88. The Morgan fingerprint density at radius 1 is 1.11 bits per heavy atom. The van der Waals surface area contributed by atoms with E-state index in [0.717, 1.165) is 25.1 Å². The summed E-state index contributed by atoms with van der Waals surface area (Å²) in [5, 5.41) is 3.27. The Morgan fingerprint density at radius 3 is 2.61 bits per heavy atom. The highest BCUT2D eigenvalue weighted by Crippen LogP contribution is 2.42. The van der Waals surface area contributed by atoms with Gasteiger partial charge in [-0.2, -0.15) is 13.2 Å². The molecule has 3 rings (SSSR count). The zero-order valence-electron chi connectivity index (χ0n) is 9.80. The second-order valence-corrected chi connectivity index (χ2v) is 5.02. The molecule has 0 aromatic heterocycles. The van der Waals surface area contributed by atoms with Gasteiger partial charge >= 0.3 is 6.18 Å². The number of halogens is 3. The molecule has 1 N–H and O–H groups in total. The molecule has 2 aliphatic rings. The van der Waals surface area contributed by atoms with E-state index in [4.69, 9.17) is 0 Å². The minimum Gasteiger partial charge on any atom is -0.316 e. The van der Waals surface area contributed by atoms with Crippen molar-refractivity contribution in [2.24, 2.45) is 11.8 Å². The molecular formula is C14H14F3N. The van der Waals surface area contributed by atoms with Gasteiger partial charge in [0.1, 0.15) is 0 Å². The van der Waals surface area contributed by atoms with Gasteiger partial charge in [-0.1, -0.05) is 24.3 Å². The molecule has 1 aliphatic heterocycles. The highest BCUT2D eigenvalue weighted by molar-refractivity contribution is 5.71. The van der Waals surface area contributed by atoms with Crippen molar-refractivity contribution in [3.05, 3.63) is 41.5 Å². The number of hydrogen-bond acceptors (Lipinski definition) is 1. The molecule has 0 amide bonds. The van der Waals surface area contributed by atoms with E-state index in [2.05, 4.69) is 5.32 Å². The number of alkyl halides is 3. The van der Waals surface area contributed by atoms with Crippen LogP contribution in [0.15, 0.2) is 30.3 Å². The molecule has 0 radical (unpaired) electrons. The molecule has 2 atom stereocenters. The van der Waals surface area contributed by atoms with Crippen LogP contribution >= 0.6 is 0 Å². The highest BCUT2D eigenvalue weighted by atomic mass is 19.4. The number of benzene rings is 1. The molecule has 0 spiro atoms. The monoisotopic (exact) mass is 253 g/mol. The molecule has 1 saturated heterocycles. The first-order valence-electron chi connectivity index (χ1n) is 6.14. The molecule has 96 valence electrons. The van der Waals surface area contributed by atoms with Crippen LogP contribution in [0.25, 0.3) is 5.57 Å². The summed E-state index contributed by atoms with van der Waals surface area (Å²) in [5.41, 5.74) is 0.711. The lowest BCUT2D eigenvalue weighted by Crippen LogP contribution is -2.11. The van der Waals surface area contributed by atoms with Crippen LogP contribution in [0.5, 0.6) is 0 Å². The summed E-state index contributed by atoms with van der Waals surface area (Å²) in [7, 11) is 0. The van der Waals surface area contributed by atoms with Crippen molar-refractivity contribution >= 4 is 5.57 Å². The molecule has 1 aliphatic carbocycles. The Balaban J connectivity index is 1.98. The Morgan fingerprint density at radius 2 is 1.89 bits per heavy atom. The first kappa shape index (κ1) is 11.8. The van der Waals surface area contributed by atoms with Crippen LogP contribution in [0.4, 0.5) is 13.2 Å². The fourth-order valence-corrected chi connectivity index (χ4v) is 2.99. The third-order valence-electron chi connectivity index (χ3n) is 3.87. The Labute approximate surface area is 104 Å². The summed E-state index contributed by atoms with van der Waals surface area (Å²) in [6.07, 6.45) is -1.49. The zero-order valence-corrected chi connectivity index (χ0v) is 9.80. The molecular weight excluding hydrogens is 239 g/mol. The maximum atomic E-state index is 13.0. The van der Waals surface area contributed by atoms with Crippen LogP contribution in [0.3, 0.4) is 0 Å². The van der Waals surface area contributed by atoms with Crippen LogP contribution < -0.4 is 5.32 Å². The second kappa shape index (κ2) is 4.12. The van der Waals surface area contributed by atoms with Crippen LogP contribution in [0.1, 0.15) is 17.5 Å². The van der Waals surface area contributed by atoms with E-state index in [1.807, 2.05) is 6.08 Å². The molecule has 1 nitrogen and oxygen atoms in total. The maximum absolute atomic E-state index is 13.0. The van der Waals surface area contributed by atoms with Crippen molar-refractivity contribution in [1.82, 2.24) is 5.32 Å². The standard InChI is InChI=1S/C14H14F3N/c15-14(16,17)13-4-2-1-3-12(13)9-5-10-7-18-8-11(10)6-9/h1-5,10-11,18H,6-8H2/t10-,11+/m0/s1. The number of rotatable bonds is 1. The average molecular weight is 253 g/mol. The number of fused-ring (bicyclic) bond motifs is 1. The van der Waals surface area contributed by atoms with Gasteiger partial charge in [0, 0.05) is 6.54 Å². The van der Waals surface area contributed by atoms with E-state index in [1.54, 1.807) is 12.1 Å². The van der Waals surface area contributed by atoms with Crippen molar-refractivity contribution in [3.63, 3.8) is 0 Å². The van der Waals surface area contributed by atoms with Crippen molar-refractivity contribution < 1.29 is 13.2 Å². The number of allylic oxidation sites excluding steroid dienone is 1. The normalized spacial score (nSPS) is 27.2. The lowest BCUT2D eigenvalue weighted by Gasteiger charge is -2.14. The molecule has 0 unspecified atom stereocenters. The van der Waals surface area contributed by atoms with E-state index in [1.165, 1.54) is 12.1 Å². The summed E-state index contributed by atoms with van der Waals surface area (Å²) in [5.74, 6) is 0.877. The van der Waals surface area contributed by atoms with E-state index in [0.29, 0.717) is 17.4 Å². The number of hydrogen-bond donors (Lipinski definition) is 1. The van der Waals surface area contributed by atoms with Crippen molar-refractivity contribution in [1.29, 1.82) is 0 Å². The van der Waals surface area contributed by atoms with E-state index in [-0.39, 0.29) is 0 Å². The summed E-state index contributed by atoms with van der Waals surface area (Å²) in [4.78, 5) is 0. The fraction of sp³-hybridized carbons (Fsp3) is 0.429. The molecule has 1 aromatic carbocycles. The largest absolute Gasteiger partial charge is 0.416 e. The minimum atomic E-state index is -4.27. The number of nitrogens with one attached hydrogen (secondary N) is 1. The predicted molar refractivity (Wildman–Crippen MR) is 63.9 cm³/mol. The van der Waals surface area contributed by atoms with Crippen LogP contribution in [0, 0.1) is 11.8 Å². The molecule has 18 heavy (non-hydrogen) atoms. The molecule has 0 saturated carbocycles. The maximum Gasteiger partial charge on any atom is 0.416 e. The summed E-state index contributed by atoms with van der Waals surface area (Å²) in [6.45, 7) is 1.81. The summed E-state index contributed by atoms with van der Waals surface area (Å²) >= 11 is 0. The van der Waals surface area contributed by atoms with Crippen LogP contribution in [-0.2, 0) is 6.18 Å². The van der Waals surface area contributed by atoms with Crippen molar-refractivity contribution in [3.8, 4) is 0 Å². The van der Waals surface area contributed by atoms with Crippen LogP contribution in [-0.4, -0.2) is 13.1 Å². The Bertz CT molecular complexity index is 490. The summed E-state index contributed by atoms with van der Waals surface area (Å²) < 4.78 is 38.9. The van der Waals surface area contributed by atoms with Gasteiger partial charge in [-0.3, -0.25) is 0 Å². The van der Waals surface area contributed by atoms with Gasteiger partial charge in [0.05, 0.1) is 5.56 Å². The highest BCUT2D eigenvalue weighted by Gasteiger charge is 2.37. The Kier molecular flexibility index (Phi) is 2.70. The lowest BCUT2D eigenvalue weighted by molar-refractivity contribution is -0.137. The quantitative estimate of drug-likeness (QED) is 0.809. The molecule has 1 aromatic rings. The van der Waals surface area contributed by atoms with Gasteiger partial charge in [-0.05, 0) is 42.0 Å². The third kappa shape index (κ3) is 1.94. The van der Waals surface area contributed by atoms with Crippen molar-refractivity contribution in [2.45, 2.75) is 12.6 Å². The predicted octanol–water partition coefficient (Wildman–Crippen LogP) is 3.33. The smallest absolute Gasteiger partial charge is 0.316 e. The van der Waals surface area contributed by atoms with E-state index < -0.39 is 11.7 Å². The van der Waals surface area contributed by atoms with Gasteiger partial charge in [0.2, 0.25) is 0 Å².